The molecule has 1 N–H and O–H groups in total. The van der Waals surface area contributed by atoms with Crippen LogP contribution >= 0.6 is 11.8 Å². The summed E-state index contributed by atoms with van der Waals surface area (Å²) in [6.45, 7) is 23.3. The lowest BCUT2D eigenvalue weighted by molar-refractivity contribution is -0.149. The van der Waals surface area contributed by atoms with E-state index in [0.717, 1.165) is 18.4 Å². The molecule has 6 atom stereocenters. The van der Waals surface area contributed by atoms with Crippen LogP contribution in [0.25, 0.3) is 0 Å². The van der Waals surface area contributed by atoms with Crippen molar-refractivity contribution in [3.05, 3.63) is 61.2 Å². The van der Waals surface area contributed by atoms with Crippen LogP contribution in [-0.4, -0.2) is 84.3 Å². The third kappa shape index (κ3) is 5.94. The first-order chi connectivity index (χ1) is 20.1. The molecule has 1 aromatic carbocycles. The highest BCUT2D eigenvalue weighted by Gasteiger charge is 2.78. The van der Waals surface area contributed by atoms with Gasteiger partial charge in [-0.2, -0.15) is 0 Å². The Morgan fingerprint density at radius 3 is 2.28 bits per heavy atom. The van der Waals surface area contributed by atoms with Crippen molar-refractivity contribution in [1.29, 1.82) is 0 Å². The summed E-state index contributed by atoms with van der Waals surface area (Å²) in [5.74, 6) is -1.61. The van der Waals surface area contributed by atoms with Crippen molar-refractivity contribution in [2.24, 2.45) is 17.3 Å². The molecule has 3 amide bonds. The van der Waals surface area contributed by atoms with Gasteiger partial charge in [0.2, 0.25) is 17.7 Å². The molecule has 8 heteroatoms. The first kappa shape index (κ1) is 33.3. The first-order valence-corrected chi connectivity index (χ1v) is 16.4. The number of rotatable bonds is 12. The normalized spacial score (nSPS) is 28.9. The van der Waals surface area contributed by atoms with Crippen molar-refractivity contribution in [1.82, 2.24) is 14.7 Å². The molecule has 1 spiro atoms. The van der Waals surface area contributed by atoms with Gasteiger partial charge in [-0.05, 0) is 57.9 Å². The maximum atomic E-state index is 14.9. The molecular weight excluding hydrogens is 558 g/mol. The summed E-state index contributed by atoms with van der Waals surface area (Å²) < 4.78 is -1.23. The van der Waals surface area contributed by atoms with Gasteiger partial charge in [0.25, 0.3) is 0 Å². The smallest absolute Gasteiger partial charge is 0.247 e. The summed E-state index contributed by atoms with van der Waals surface area (Å²) in [5.41, 5.74) is 0.467. The highest BCUT2D eigenvalue weighted by atomic mass is 32.2. The Balaban J connectivity index is 1.79. The molecule has 3 aliphatic rings. The Hall–Kier alpha value is -2.58. The number of thioether (sulfide) groups is 1. The third-order valence-corrected chi connectivity index (χ3v) is 11.6. The molecule has 43 heavy (non-hydrogen) atoms. The van der Waals surface area contributed by atoms with Crippen LogP contribution in [-0.2, 0) is 20.9 Å². The van der Waals surface area contributed by atoms with E-state index in [2.05, 4.69) is 54.7 Å². The van der Waals surface area contributed by atoms with Crippen molar-refractivity contribution in [3.63, 3.8) is 0 Å². The molecule has 2 bridgehead atoms. The van der Waals surface area contributed by atoms with Gasteiger partial charge in [0.1, 0.15) is 6.04 Å². The molecule has 4 rings (SSSR count). The lowest BCUT2D eigenvalue weighted by Crippen LogP contribution is -2.61. The number of amides is 3. The average Bonchev–Trinajstić information content (AvgIpc) is 3.50. The van der Waals surface area contributed by atoms with Gasteiger partial charge in [0.05, 0.1) is 29.2 Å². The van der Waals surface area contributed by atoms with Gasteiger partial charge in [-0.3, -0.25) is 14.4 Å². The fraction of sp³-hybridized carbons (Fsp3) is 0.629. The zero-order chi connectivity index (χ0) is 32.0. The maximum absolute atomic E-state index is 14.9. The molecule has 2 unspecified atom stereocenters. The van der Waals surface area contributed by atoms with E-state index < -0.39 is 39.0 Å². The second kappa shape index (κ2) is 12.1. The van der Waals surface area contributed by atoms with Gasteiger partial charge in [-0.15, -0.1) is 24.9 Å². The number of carbonyl (C=O) groups excluding carboxylic acids is 3. The van der Waals surface area contributed by atoms with Crippen molar-refractivity contribution in [2.45, 2.75) is 101 Å². The lowest BCUT2D eigenvalue weighted by atomic mass is 9.66. The summed E-state index contributed by atoms with van der Waals surface area (Å²) in [6.07, 6.45) is 5.64. The van der Waals surface area contributed by atoms with Crippen molar-refractivity contribution < 1.29 is 19.5 Å². The van der Waals surface area contributed by atoms with Crippen LogP contribution in [0.4, 0.5) is 0 Å². The predicted molar refractivity (Wildman–Crippen MR) is 174 cm³/mol. The van der Waals surface area contributed by atoms with Gasteiger partial charge in [-0.1, -0.05) is 63.3 Å². The quantitative estimate of drug-likeness (QED) is 0.326. The molecule has 0 saturated carbocycles. The van der Waals surface area contributed by atoms with Crippen LogP contribution < -0.4 is 0 Å². The van der Waals surface area contributed by atoms with E-state index in [9.17, 15) is 19.5 Å². The van der Waals surface area contributed by atoms with Crippen LogP contribution in [0.2, 0.25) is 0 Å². The highest BCUT2D eigenvalue weighted by Crippen LogP contribution is 2.72. The number of likely N-dealkylation sites (tertiary alicyclic amines) is 1. The van der Waals surface area contributed by atoms with Gasteiger partial charge in [0.15, 0.2) is 0 Å². The molecule has 3 saturated heterocycles. The highest BCUT2D eigenvalue weighted by molar-refractivity contribution is 8.02. The van der Waals surface area contributed by atoms with Gasteiger partial charge in [0, 0.05) is 29.9 Å². The standard InChI is InChI=1S/C35H51N3O4S/c1-10-19-36(21-25-15-13-12-14-16-25)29(40)26-27-30(41)38(24(3)22-39)28(35(27)18-17-34(26,9)43-35)31(42)37(20-11-2)33(7,8)23-32(4,5)6/h10-16,24,26-28,39H,1-2,17-23H2,3-9H3/t24-,26-,27+,28?,34+,35?/m1/s1. The van der Waals surface area contributed by atoms with Gasteiger partial charge in [-0.25, -0.2) is 0 Å². The second-order valence-corrected chi connectivity index (χ2v) is 16.7. The van der Waals surface area contributed by atoms with Crippen molar-refractivity contribution in [2.75, 3.05) is 19.7 Å². The molecule has 3 heterocycles. The Kier molecular flexibility index (Phi) is 9.35. The average molecular weight is 610 g/mol. The SMILES string of the molecule is C=CCN(Cc1ccccc1)C(=O)[C@H]1[C@H]2C(=O)N([C@H](C)CO)C(C(=O)N(CC=C)C(C)(C)CC(C)(C)C)C23CC[C@]1(C)S3. The van der Waals surface area contributed by atoms with Crippen molar-refractivity contribution in [3.8, 4) is 0 Å². The van der Waals surface area contributed by atoms with Crippen LogP contribution in [0, 0.1) is 17.3 Å². The molecule has 0 aliphatic carbocycles. The first-order valence-electron chi connectivity index (χ1n) is 15.6. The van der Waals surface area contributed by atoms with Crippen LogP contribution in [0.15, 0.2) is 55.6 Å². The summed E-state index contributed by atoms with van der Waals surface area (Å²) >= 11 is 1.67. The Morgan fingerprint density at radius 2 is 1.72 bits per heavy atom. The zero-order valence-electron chi connectivity index (χ0n) is 27.1. The van der Waals surface area contributed by atoms with E-state index in [1.165, 1.54) is 0 Å². The van der Waals surface area contributed by atoms with E-state index in [1.54, 1.807) is 40.6 Å². The van der Waals surface area contributed by atoms with E-state index >= 15 is 0 Å². The number of nitrogens with zero attached hydrogens (tertiary/aromatic N) is 3. The minimum atomic E-state index is -0.780. The molecule has 0 radical (unpaired) electrons. The summed E-state index contributed by atoms with van der Waals surface area (Å²) in [6, 6.07) is 8.51. The number of fused-ring (bicyclic) bond motifs is 1. The number of benzene rings is 1. The number of hydrogen-bond donors (Lipinski definition) is 1. The van der Waals surface area contributed by atoms with Gasteiger partial charge < -0.3 is 19.8 Å². The predicted octanol–water partition coefficient (Wildman–Crippen LogP) is 5.29. The molecule has 0 aromatic heterocycles. The number of aliphatic hydroxyl groups excluding tert-OH is 1. The minimum absolute atomic E-state index is 0.0352. The monoisotopic (exact) mass is 609 g/mol. The summed E-state index contributed by atoms with van der Waals surface area (Å²) in [5, 5.41) is 10.3. The molecular formula is C35H51N3O4S. The Morgan fingerprint density at radius 1 is 1.09 bits per heavy atom. The zero-order valence-corrected chi connectivity index (χ0v) is 28.0. The molecule has 236 valence electrons. The summed E-state index contributed by atoms with van der Waals surface area (Å²) in [4.78, 5) is 49.3. The van der Waals surface area contributed by atoms with E-state index in [4.69, 9.17) is 0 Å². The van der Waals surface area contributed by atoms with E-state index in [1.807, 2.05) is 35.2 Å². The number of hydrogen-bond acceptors (Lipinski definition) is 5. The van der Waals surface area contributed by atoms with E-state index in [0.29, 0.717) is 26.1 Å². The molecule has 1 aromatic rings. The number of carbonyl (C=O) groups is 3. The fourth-order valence-corrected chi connectivity index (χ4v) is 10.6. The van der Waals surface area contributed by atoms with Crippen LogP contribution in [0.1, 0.15) is 73.3 Å². The van der Waals surface area contributed by atoms with Gasteiger partial charge >= 0.3 is 0 Å². The Labute approximate surface area is 262 Å². The molecule has 3 aliphatic heterocycles. The van der Waals surface area contributed by atoms with Crippen LogP contribution in [0.5, 0.6) is 0 Å². The van der Waals surface area contributed by atoms with Crippen molar-refractivity contribution >= 4 is 29.5 Å². The number of aliphatic hydroxyl groups is 1. The second-order valence-electron chi connectivity index (χ2n) is 14.8. The molecule has 7 nitrogen and oxygen atoms in total. The largest absolute Gasteiger partial charge is 0.394 e. The topological polar surface area (TPSA) is 81.2 Å². The van der Waals surface area contributed by atoms with Crippen LogP contribution in [0.3, 0.4) is 0 Å². The van der Waals surface area contributed by atoms with E-state index in [-0.39, 0.29) is 29.7 Å². The Bertz CT molecular complexity index is 1240. The lowest BCUT2D eigenvalue weighted by Gasteiger charge is -2.46. The summed E-state index contributed by atoms with van der Waals surface area (Å²) in [7, 11) is 0. The third-order valence-electron chi connectivity index (χ3n) is 9.60. The molecule has 3 fully saturated rings. The maximum Gasteiger partial charge on any atom is 0.247 e. The fourth-order valence-electron chi connectivity index (χ4n) is 8.28. The minimum Gasteiger partial charge on any atom is -0.394 e.